The number of morpholine rings is 1. The molecule has 2 rings (SSSR count). The maximum absolute atomic E-state index is 12.0. The van der Waals surface area contributed by atoms with Crippen molar-refractivity contribution >= 4 is 11.8 Å². The number of benzene rings is 1. The van der Waals surface area contributed by atoms with Crippen molar-refractivity contribution in [1.29, 1.82) is 0 Å². The molecule has 120 valence electrons. The molecule has 1 aromatic rings. The summed E-state index contributed by atoms with van der Waals surface area (Å²) in [5.74, 6) is 0.156. The number of ether oxygens (including phenoxy) is 3. The Hall–Kier alpha value is -2.28. The molecule has 0 atom stereocenters. The van der Waals surface area contributed by atoms with Gasteiger partial charge >= 0.3 is 0 Å². The zero-order chi connectivity index (χ0) is 15.9. The lowest BCUT2D eigenvalue weighted by molar-refractivity contribution is -0.137. The molecule has 1 aliphatic rings. The average molecular weight is 308 g/mol. The zero-order valence-electron chi connectivity index (χ0n) is 12.5. The molecule has 0 aromatic heterocycles. The number of carbonyl (C=O) groups is 2. The first-order valence-electron chi connectivity index (χ1n) is 7.16. The van der Waals surface area contributed by atoms with Gasteiger partial charge in [-0.15, -0.1) is 0 Å². The van der Waals surface area contributed by atoms with E-state index in [0.717, 1.165) is 0 Å². The monoisotopic (exact) mass is 308 g/mol. The van der Waals surface area contributed by atoms with Gasteiger partial charge in [0.25, 0.3) is 5.91 Å². The third-order valence-electron chi connectivity index (χ3n) is 3.24. The quantitative estimate of drug-likeness (QED) is 0.822. The van der Waals surface area contributed by atoms with Crippen LogP contribution in [0.3, 0.4) is 0 Å². The number of rotatable bonds is 6. The predicted molar refractivity (Wildman–Crippen MR) is 79.0 cm³/mol. The maximum Gasteiger partial charge on any atom is 0.260 e. The molecule has 1 aliphatic heterocycles. The van der Waals surface area contributed by atoms with E-state index in [1.807, 2.05) is 6.92 Å². The largest absolute Gasteiger partial charge is 0.490 e. The van der Waals surface area contributed by atoms with Gasteiger partial charge in [0.05, 0.1) is 19.8 Å². The summed E-state index contributed by atoms with van der Waals surface area (Å²) in [6.45, 7) is 4.38. The summed E-state index contributed by atoms with van der Waals surface area (Å²) in [4.78, 5) is 24.9. The molecule has 1 saturated heterocycles. The molecular weight excluding hydrogens is 288 g/mol. The van der Waals surface area contributed by atoms with Crippen LogP contribution in [0.4, 0.5) is 0 Å². The van der Waals surface area contributed by atoms with Crippen LogP contribution in [0.1, 0.15) is 17.3 Å². The third-order valence-corrected chi connectivity index (χ3v) is 3.24. The van der Waals surface area contributed by atoms with E-state index in [-0.39, 0.29) is 12.5 Å². The van der Waals surface area contributed by atoms with Crippen LogP contribution in [0.15, 0.2) is 18.2 Å². The van der Waals surface area contributed by atoms with Crippen molar-refractivity contribution < 1.29 is 23.8 Å². The van der Waals surface area contributed by atoms with E-state index in [1.165, 1.54) is 6.07 Å². The Morgan fingerprint density at radius 1 is 1.23 bits per heavy atom. The van der Waals surface area contributed by atoms with Crippen LogP contribution in [0.25, 0.3) is 0 Å². The zero-order valence-corrected chi connectivity index (χ0v) is 12.5. The van der Waals surface area contributed by atoms with Gasteiger partial charge in [-0.3, -0.25) is 9.59 Å². The summed E-state index contributed by atoms with van der Waals surface area (Å²) in [6.07, 6.45) is 0. The molecule has 1 fully saturated rings. The first-order valence-corrected chi connectivity index (χ1v) is 7.16. The van der Waals surface area contributed by atoms with Gasteiger partial charge < -0.3 is 24.8 Å². The highest BCUT2D eigenvalue weighted by atomic mass is 16.5. The number of hydrogen-bond acceptors (Lipinski definition) is 5. The Bertz CT molecular complexity index is 541. The van der Waals surface area contributed by atoms with E-state index < -0.39 is 5.91 Å². The first kappa shape index (κ1) is 16.1. The minimum absolute atomic E-state index is 0.0873. The maximum atomic E-state index is 12.0. The van der Waals surface area contributed by atoms with Crippen LogP contribution < -0.4 is 15.2 Å². The normalized spacial score (nSPS) is 14.5. The predicted octanol–water partition coefficient (Wildman–Crippen LogP) is 0.422. The Kier molecular flexibility index (Phi) is 5.60. The van der Waals surface area contributed by atoms with Gasteiger partial charge in [0, 0.05) is 18.7 Å². The molecule has 22 heavy (non-hydrogen) atoms. The van der Waals surface area contributed by atoms with Crippen molar-refractivity contribution in [2.75, 3.05) is 39.5 Å². The van der Waals surface area contributed by atoms with Gasteiger partial charge in [-0.25, -0.2) is 0 Å². The fraction of sp³-hybridized carbons (Fsp3) is 0.467. The van der Waals surface area contributed by atoms with Crippen LogP contribution in [-0.2, 0) is 9.53 Å². The number of carbonyl (C=O) groups excluding carboxylic acids is 2. The Labute approximate surface area is 128 Å². The van der Waals surface area contributed by atoms with Gasteiger partial charge in [0.15, 0.2) is 18.1 Å². The lowest BCUT2D eigenvalue weighted by Crippen LogP contribution is -2.43. The highest BCUT2D eigenvalue weighted by Gasteiger charge is 2.18. The fourth-order valence-corrected chi connectivity index (χ4v) is 2.09. The Morgan fingerprint density at radius 2 is 1.95 bits per heavy atom. The smallest absolute Gasteiger partial charge is 0.260 e. The van der Waals surface area contributed by atoms with Gasteiger partial charge in [-0.05, 0) is 25.1 Å². The molecule has 2 amide bonds. The van der Waals surface area contributed by atoms with E-state index in [1.54, 1.807) is 17.0 Å². The summed E-state index contributed by atoms with van der Waals surface area (Å²) in [5, 5.41) is 0. The standard InChI is InChI=1S/C15H20N2O5/c1-2-21-13-9-11(15(16)19)3-4-12(13)22-10-14(18)17-5-7-20-8-6-17/h3-4,9H,2,5-8,10H2,1H3,(H2,16,19). The SMILES string of the molecule is CCOc1cc(C(N)=O)ccc1OCC(=O)N1CCOCC1. The summed E-state index contributed by atoms with van der Waals surface area (Å²) in [5.41, 5.74) is 5.57. The molecule has 2 N–H and O–H groups in total. The number of nitrogens with zero attached hydrogens (tertiary/aromatic N) is 1. The highest BCUT2D eigenvalue weighted by molar-refractivity contribution is 5.93. The van der Waals surface area contributed by atoms with Crippen molar-refractivity contribution in [2.24, 2.45) is 5.73 Å². The Morgan fingerprint density at radius 3 is 2.59 bits per heavy atom. The van der Waals surface area contributed by atoms with E-state index in [0.29, 0.717) is 50.0 Å². The number of amides is 2. The second-order valence-corrected chi connectivity index (χ2v) is 4.74. The van der Waals surface area contributed by atoms with Crippen molar-refractivity contribution in [3.63, 3.8) is 0 Å². The molecule has 7 heteroatoms. The number of nitrogens with two attached hydrogens (primary N) is 1. The molecule has 1 heterocycles. The summed E-state index contributed by atoms with van der Waals surface area (Å²) >= 11 is 0. The molecule has 0 bridgehead atoms. The second kappa shape index (κ2) is 7.65. The molecule has 0 aliphatic carbocycles. The lowest BCUT2D eigenvalue weighted by Gasteiger charge is -2.26. The number of primary amides is 1. The van der Waals surface area contributed by atoms with Gasteiger partial charge in [-0.1, -0.05) is 0 Å². The molecule has 0 unspecified atom stereocenters. The third kappa shape index (κ3) is 4.11. The van der Waals surface area contributed by atoms with E-state index in [2.05, 4.69) is 0 Å². The van der Waals surface area contributed by atoms with E-state index >= 15 is 0 Å². The minimum Gasteiger partial charge on any atom is -0.490 e. The van der Waals surface area contributed by atoms with E-state index in [9.17, 15) is 9.59 Å². The minimum atomic E-state index is -0.545. The van der Waals surface area contributed by atoms with Crippen molar-refractivity contribution in [1.82, 2.24) is 4.90 Å². The second-order valence-electron chi connectivity index (χ2n) is 4.74. The average Bonchev–Trinajstić information content (AvgIpc) is 2.54. The molecule has 0 spiro atoms. The molecule has 7 nitrogen and oxygen atoms in total. The molecule has 0 saturated carbocycles. The van der Waals surface area contributed by atoms with Crippen molar-refractivity contribution in [2.45, 2.75) is 6.92 Å². The van der Waals surface area contributed by atoms with Crippen LogP contribution in [0, 0.1) is 0 Å². The van der Waals surface area contributed by atoms with Gasteiger partial charge in [-0.2, -0.15) is 0 Å². The van der Waals surface area contributed by atoms with Crippen LogP contribution >= 0.6 is 0 Å². The van der Waals surface area contributed by atoms with Crippen molar-refractivity contribution in [3.05, 3.63) is 23.8 Å². The summed E-state index contributed by atoms with van der Waals surface area (Å²) in [7, 11) is 0. The fourth-order valence-electron chi connectivity index (χ4n) is 2.09. The van der Waals surface area contributed by atoms with Gasteiger partial charge in [0.2, 0.25) is 5.91 Å². The Balaban J connectivity index is 2.01. The van der Waals surface area contributed by atoms with Gasteiger partial charge in [0.1, 0.15) is 0 Å². The summed E-state index contributed by atoms with van der Waals surface area (Å²) < 4.78 is 16.2. The topological polar surface area (TPSA) is 91.1 Å². The molecular formula is C15H20N2O5. The summed E-state index contributed by atoms with van der Waals surface area (Å²) in [6, 6.07) is 4.64. The lowest BCUT2D eigenvalue weighted by atomic mass is 10.2. The highest BCUT2D eigenvalue weighted by Crippen LogP contribution is 2.28. The van der Waals surface area contributed by atoms with Crippen LogP contribution in [-0.4, -0.2) is 56.2 Å². The first-order chi connectivity index (χ1) is 10.6. The number of hydrogen-bond donors (Lipinski definition) is 1. The molecule has 0 radical (unpaired) electrons. The van der Waals surface area contributed by atoms with Crippen LogP contribution in [0.2, 0.25) is 0 Å². The van der Waals surface area contributed by atoms with Crippen LogP contribution in [0.5, 0.6) is 11.5 Å². The van der Waals surface area contributed by atoms with E-state index in [4.69, 9.17) is 19.9 Å². The molecule has 1 aromatic carbocycles. The van der Waals surface area contributed by atoms with Crippen molar-refractivity contribution in [3.8, 4) is 11.5 Å².